The van der Waals surface area contributed by atoms with Gasteiger partial charge in [0, 0.05) is 37.1 Å². The molecule has 4 aliphatic carbocycles. The average molecular weight is 667 g/mol. The van der Waals surface area contributed by atoms with Crippen LogP contribution in [0.4, 0.5) is 0 Å². The number of nitrogens with one attached hydrogen (secondary N) is 1. The predicted octanol–water partition coefficient (Wildman–Crippen LogP) is 3.09. The fourth-order valence-corrected chi connectivity index (χ4v) is 7.56. The van der Waals surface area contributed by atoms with Crippen LogP contribution in [0.15, 0.2) is 23.8 Å². The maximum Gasteiger partial charge on any atom is 0.247 e. The van der Waals surface area contributed by atoms with Crippen LogP contribution in [-0.4, -0.2) is 78.3 Å². The molecular formula is C30H39IN2O7. The van der Waals surface area contributed by atoms with E-state index in [9.17, 15) is 24.6 Å². The molecule has 2 bridgehead atoms. The molecule has 9 nitrogen and oxygen atoms in total. The number of benzene rings is 1. The number of nitrogens with zero attached hydrogens (tertiary/aromatic N) is 1. The van der Waals surface area contributed by atoms with E-state index >= 15 is 0 Å². The van der Waals surface area contributed by atoms with Gasteiger partial charge >= 0.3 is 0 Å². The van der Waals surface area contributed by atoms with E-state index in [1.165, 1.54) is 26.4 Å². The third kappa shape index (κ3) is 6.49. The van der Waals surface area contributed by atoms with Gasteiger partial charge in [0.1, 0.15) is 18.5 Å². The molecule has 1 aromatic rings. The van der Waals surface area contributed by atoms with Crippen LogP contribution in [0.5, 0.6) is 11.5 Å². The Morgan fingerprint density at radius 3 is 2.62 bits per heavy atom. The van der Waals surface area contributed by atoms with Crippen LogP contribution in [0.3, 0.4) is 0 Å². The number of aldehydes is 1. The highest BCUT2D eigenvalue weighted by Crippen LogP contribution is 2.50. The van der Waals surface area contributed by atoms with E-state index in [-0.39, 0.29) is 31.4 Å². The Kier molecular flexibility index (Phi) is 9.36. The molecule has 0 spiro atoms. The third-order valence-electron chi connectivity index (χ3n) is 9.05. The SMILES string of the molecule is COc1cc(C=O)cc(I)c1O[C@H]1C=C(C(=O)NCCO)C[C@@H](N(CC2CC2)C(=O)CC2CC3CCC2C3)[C@@H]1O. The first-order valence-electron chi connectivity index (χ1n) is 14.4. The number of carbonyl (C=O) groups excluding carboxylic acids is 3. The zero-order valence-corrected chi connectivity index (χ0v) is 25.0. The van der Waals surface area contributed by atoms with Crippen LogP contribution in [-0.2, 0) is 9.59 Å². The van der Waals surface area contributed by atoms with Crippen LogP contribution in [0.25, 0.3) is 0 Å². The number of carbonyl (C=O) groups is 3. The standard InChI is InChI=1S/C30H39IN2O7/c1-39-26-11-19(16-35)10-23(31)29(26)40-25-13-22(30(38)32-6-7-34)12-24(28(25)37)33(15-17-2-3-17)27(36)14-21-9-18-4-5-20(21)8-18/h10-11,13,16-18,20-21,24-25,28,34,37H,2-9,12,14-15H2,1H3,(H,32,38)/t18?,20?,21?,24-,25+,28+/m1/s1. The van der Waals surface area contributed by atoms with Gasteiger partial charge < -0.3 is 29.9 Å². The lowest BCUT2D eigenvalue weighted by Gasteiger charge is -2.41. The fourth-order valence-electron chi connectivity index (χ4n) is 6.81. The summed E-state index contributed by atoms with van der Waals surface area (Å²) in [4.78, 5) is 40.2. The molecule has 4 aliphatic rings. The monoisotopic (exact) mass is 666 g/mol. The van der Waals surface area contributed by atoms with Crippen molar-refractivity contribution in [2.75, 3.05) is 26.8 Å². The first kappa shape index (κ1) is 29.3. The van der Waals surface area contributed by atoms with Crippen molar-refractivity contribution >= 4 is 40.7 Å². The molecule has 2 amide bonds. The number of hydrogen-bond donors (Lipinski definition) is 3. The number of rotatable bonds is 12. The molecular weight excluding hydrogens is 627 g/mol. The first-order valence-corrected chi connectivity index (χ1v) is 15.5. The molecule has 218 valence electrons. The van der Waals surface area contributed by atoms with E-state index in [1.54, 1.807) is 18.2 Å². The quantitative estimate of drug-likeness (QED) is 0.232. The Balaban J connectivity index is 1.43. The van der Waals surface area contributed by atoms with E-state index in [4.69, 9.17) is 9.47 Å². The summed E-state index contributed by atoms with van der Waals surface area (Å²) < 4.78 is 12.4. The molecule has 0 aliphatic heterocycles. The lowest BCUT2D eigenvalue weighted by atomic mass is 9.84. The van der Waals surface area contributed by atoms with E-state index in [0.29, 0.717) is 56.9 Å². The second kappa shape index (κ2) is 12.8. The number of amides is 2. The van der Waals surface area contributed by atoms with Gasteiger partial charge in [-0.25, -0.2) is 0 Å². The Labute approximate surface area is 248 Å². The van der Waals surface area contributed by atoms with E-state index in [0.717, 1.165) is 31.5 Å². The zero-order valence-electron chi connectivity index (χ0n) is 22.9. The smallest absolute Gasteiger partial charge is 0.247 e. The second-order valence-electron chi connectivity index (χ2n) is 11.8. The highest BCUT2D eigenvalue weighted by molar-refractivity contribution is 14.1. The lowest BCUT2D eigenvalue weighted by Crippen LogP contribution is -2.56. The van der Waals surface area contributed by atoms with Gasteiger partial charge in [0.15, 0.2) is 11.5 Å². The van der Waals surface area contributed by atoms with Gasteiger partial charge in [0.25, 0.3) is 0 Å². The highest BCUT2D eigenvalue weighted by atomic mass is 127. The molecule has 0 radical (unpaired) electrons. The third-order valence-corrected chi connectivity index (χ3v) is 9.85. The molecule has 0 heterocycles. The van der Waals surface area contributed by atoms with Gasteiger partial charge in [-0.05, 0) is 96.6 Å². The molecule has 0 saturated heterocycles. The number of aliphatic hydroxyl groups is 2. The van der Waals surface area contributed by atoms with Crippen molar-refractivity contribution in [3.63, 3.8) is 0 Å². The summed E-state index contributed by atoms with van der Waals surface area (Å²) in [5.41, 5.74) is 0.831. The molecule has 3 N–H and O–H groups in total. The maximum absolute atomic E-state index is 13.9. The van der Waals surface area contributed by atoms with E-state index in [2.05, 4.69) is 27.9 Å². The van der Waals surface area contributed by atoms with Gasteiger partial charge in [-0.15, -0.1) is 0 Å². The number of halogens is 1. The van der Waals surface area contributed by atoms with Gasteiger partial charge in [-0.3, -0.25) is 14.4 Å². The van der Waals surface area contributed by atoms with Crippen molar-refractivity contribution in [3.05, 3.63) is 32.9 Å². The number of fused-ring (bicyclic) bond motifs is 2. The largest absolute Gasteiger partial charge is 0.493 e. The van der Waals surface area contributed by atoms with Crippen LogP contribution in [0.2, 0.25) is 0 Å². The molecule has 1 aromatic carbocycles. The van der Waals surface area contributed by atoms with Crippen molar-refractivity contribution in [1.82, 2.24) is 10.2 Å². The summed E-state index contributed by atoms with van der Waals surface area (Å²) in [6.45, 7) is 0.469. The Bertz CT molecular complexity index is 1150. The summed E-state index contributed by atoms with van der Waals surface area (Å²) in [5, 5.41) is 23.7. The molecule has 3 fully saturated rings. The minimum atomic E-state index is -1.08. The summed E-state index contributed by atoms with van der Waals surface area (Å²) >= 11 is 2.05. The molecule has 40 heavy (non-hydrogen) atoms. The van der Waals surface area contributed by atoms with Crippen LogP contribution in [0.1, 0.15) is 61.7 Å². The topological polar surface area (TPSA) is 125 Å². The molecule has 5 rings (SSSR count). The summed E-state index contributed by atoms with van der Waals surface area (Å²) in [5.74, 6) is 2.54. The van der Waals surface area contributed by atoms with Crippen molar-refractivity contribution in [2.45, 2.75) is 69.6 Å². The fraction of sp³-hybridized carbons (Fsp3) is 0.633. The summed E-state index contributed by atoms with van der Waals surface area (Å²) in [6.07, 6.45) is 7.91. The molecule has 10 heteroatoms. The first-order chi connectivity index (χ1) is 19.3. The second-order valence-corrected chi connectivity index (χ2v) is 13.0. The number of methoxy groups -OCH3 is 1. The zero-order chi connectivity index (χ0) is 28.4. The van der Waals surface area contributed by atoms with Crippen molar-refractivity contribution in [3.8, 4) is 11.5 Å². The predicted molar refractivity (Wildman–Crippen MR) is 156 cm³/mol. The van der Waals surface area contributed by atoms with Crippen LogP contribution in [0, 0.1) is 27.2 Å². The minimum Gasteiger partial charge on any atom is -0.493 e. The number of ether oxygens (including phenoxy) is 2. The van der Waals surface area contributed by atoms with Crippen molar-refractivity contribution < 1.29 is 34.1 Å². The Morgan fingerprint density at radius 2 is 2.00 bits per heavy atom. The number of hydrogen-bond acceptors (Lipinski definition) is 7. The van der Waals surface area contributed by atoms with E-state index in [1.807, 2.05) is 4.90 Å². The van der Waals surface area contributed by atoms with Gasteiger partial charge in [-0.1, -0.05) is 6.42 Å². The molecule has 3 unspecified atom stereocenters. The van der Waals surface area contributed by atoms with Gasteiger partial charge in [0.05, 0.1) is 23.3 Å². The summed E-state index contributed by atoms with van der Waals surface area (Å²) in [6, 6.07) is 2.60. The van der Waals surface area contributed by atoms with Crippen LogP contribution >= 0.6 is 22.6 Å². The molecule has 0 aromatic heterocycles. The molecule has 6 atom stereocenters. The van der Waals surface area contributed by atoms with Crippen LogP contribution < -0.4 is 14.8 Å². The molecule has 3 saturated carbocycles. The Hall–Kier alpha value is -2.18. The average Bonchev–Trinajstić information content (AvgIpc) is 3.54. The Morgan fingerprint density at radius 1 is 1.20 bits per heavy atom. The normalized spacial score (nSPS) is 29.1. The van der Waals surface area contributed by atoms with Crippen molar-refractivity contribution in [1.29, 1.82) is 0 Å². The van der Waals surface area contributed by atoms with E-state index < -0.39 is 18.2 Å². The maximum atomic E-state index is 13.9. The number of aliphatic hydroxyl groups excluding tert-OH is 2. The highest BCUT2D eigenvalue weighted by Gasteiger charge is 2.45. The van der Waals surface area contributed by atoms with Gasteiger partial charge in [-0.2, -0.15) is 0 Å². The van der Waals surface area contributed by atoms with Crippen molar-refractivity contribution in [2.24, 2.45) is 23.7 Å². The summed E-state index contributed by atoms with van der Waals surface area (Å²) in [7, 11) is 1.47. The lowest BCUT2D eigenvalue weighted by molar-refractivity contribution is -0.140. The minimum absolute atomic E-state index is 0.0479. The van der Waals surface area contributed by atoms with Gasteiger partial charge in [0.2, 0.25) is 11.8 Å².